The first-order valence-electron chi connectivity index (χ1n) is 6.35. The number of hydrogen-bond acceptors (Lipinski definition) is 5. The van der Waals surface area contributed by atoms with Crippen molar-refractivity contribution < 1.29 is 29.7 Å². The first-order chi connectivity index (χ1) is 10.5. The Balaban J connectivity index is -0.0000000604. The van der Waals surface area contributed by atoms with Crippen molar-refractivity contribution in [2.24, 2.45) is 5.73 Å². The zero-order valence-electron chi connectivity index (χ0n) is 14.1. The minimum Gasteiger partial charge on any atom is -0.481 e. The molecule has 23 heavy (non-hydrogen) atoms. The summed E-state index contributed by atoms with van der Waals surface area (Å²) in [5, 5.41) is 25.3. The quantitative estimate of drug-likeness (QED) is 0.373. The maximum absolute atomic E-state index is 9.00. The summed E-state index contributed by atoms with van der Waals surface area (Å²) in [6, 6.07) is 0. The molecule has 0 amide bonds. The fourth-order valence-corrected chi connectivity index (χ4v) is 0.287. The van der Waals surface area contributed by atoms with Crippen molar-refractivity contribution in [1.82, 2.24) is 5.32 Å². The van der Waals surface area contributed by atoms with Gasteiger partial charge in [-0.15, -0.1) is 19.7 Å². The standard InChI is InChI=1S/C6H11N.C3H7N.3C2H4O2/c1-3-5-7-6-4-2;1-2-3-4;3*1-2(3)4/h3-4,7H,1-2,5-6H2;2H,1,3-4H2;3*1H3,(H,3,4). The van der Waals surface area contributed by atoms with Crippen LogP contribution in [0.3, 0.4) is 0 Å². The molecule has 0 spiro atoms. The van der Waals surface area contributed by atoms with E-state index in [9.17, 15) is 0 Å². The molecule has 8 heteroatoms. The van der Waals surface area contributed by atoms with Crippen LogP contribution in [-0.4, -0.2) is 52.9 Å². The lowest BCUT2D eigenvalue weighted by Crippen LogP contribution is -2.11. The number of carbonyl (C=O) groups is 3. The molecule has 0 saturated heterocycles. The molecule has 0 rings (SSSR count). The number of carboxylic acid groups (broad SMARTS) is 3. The van der Waals surface area contributed by atoms with Crippen LogP contribution in [0.4, 0.5) is 0 Å². The van der Waals surface area contributed by atoms with Gasteiger partial charge in [-0.1, -0.05) is 18.2 Å². The maximum atomic E-state index is 9.00. The van der Waals surface area contributed by atoms with Gasteiger partial charge in [-0.3, -0.25) is 14.4 Å². The molecule has 0 aromatic heterocycles. The summed E-state index contributed by atoms with van der Waals surface area (Å²) in [5.74, 6) is -2.50. The van der Waals surface area contributed by atoms with Gasteiger partial charge in [0.1, 0.15) is 0 Å². The highest BCUT2D eigenvalue weighted by Gasteiger charge is 1.69. The first kappa shape index (κ1) is 32.5. The molecule has 0 aromatic rings. The van der Waals surface area contributed by atoms with Crippen LogP contribution in [0.25, 0.3) is 0 Å². The van der Waals surface area contributed by atoms with Gasteiger partial charge in [0.05, 0.1) is 0 Å². The van der Waals surface area contributed by atoms with Gasteiger partial charge in [-0.25, -0.2) is 0 Å². The Morgan fingerprint density at radius 2 is 1.00 bits per heavy atom. The monoisotopic (exact) mass is 334 g/mol. The molecule has 0 heterocycles. The highest BCUT2D eigenvalue weighted by molar-refractivity contribution is 5.63. The van der Waals surface area contributed by atoms with E-state index < -0.39 is 17.9 Å². The van der Waals surface area contributed by atoms with Crippen molar-refractivity contribution in [1.29, 1.82) is 0 Å². The number of nitrogens with one attached hydrogen (secondary N) is 1. The van der Waals surface area contributed by atoms with Gasteiger partial charge in [-0.2, -0.15) is 0 Å². The van der Waals surface area contributed by atoms with Crippen LogP contribution in [0.5, 0.6) is 0 Å². The van der Waals surface area contributed by atoms with Crippen LogP contribution in [0.1, 0.15) is 20.8 Å². The minimum atomic E-state index is -0.833. The van der Waals surface area contributed by atoms with Gasteiger partial charge < -0.3 is 26.4 Å². The van der Waals surface area contributed by atoms with Crippen LogP contribution in [0.15, 0.2) is 38.0 Å². The number of nitrogens with two attached hydrogens (primary N) is 1. The zero-order valence-corrected chi connectivity index (χ0v) is 14.1. The molecular weight excluding hydrogens is 304 g/mol. The van der Waals surface area contributed by atoms with E-state index in [2.05, 4.69) is 25.1 Å². The van der Waals surface area contributed by atoms with Crippen molar-refractivity contribution in [3.8, 4) is 0 Å². The highest BCUT2D eigenvalue weighted by Crippen LogP contribution is 1.59. The van der Waals surface area contributed by atoms with E-state index in [1.54, 1.807) is 6.08 Å². The Morgan fingerprint density at radius 1 is 0.826 bits per heavy atom. The SMILES string of the molecule is C=CCN.C=CCNCC=C.CC(=O)O.CC(=O)O.CC(=O)O. The predicted octanol–water partition coefficient (Wildman–Crippen LogP) is 1.35. The van der Waals surface area contributed by atoms with E-state index in [1.165, 1.54) is 0 Å². The molecule has 0 aliphatic carbocycles. The molecule has 0 aromatic carbocycles. The Hall–Kier alpha value is -2.45. The number of aliphatic carboxylic acids is 3. The first-order valence-corrected chi connectivity index (χ1v) is 6.35. The topological polar surface area (TPSA) is 150 Å². The fourth-order valence-electron chi connectivity index (χ4n) is 0.287. The van der Waals surface area contributed by atoms with E-state index in [-0.39, 0.29) is 0 Å². The lowest BCUT2D eigenvalue weighted by atomic mass is 10.5. The Bertz CT molecular complexity index is 269. The number of hydrogen-bond donors (Lipinski definition) is 5. The van der Waals surface area contributed by atoms with Crippen molar-refractivity contribution in [2.75, 3.05) is 19.6 Å². The van der Waals surface area contributed by atoms with Crippen LogP contribution in [0.2, 0.25) is 0 Å². The normalized spacial score (nSPS) is 6.78. The highest BCUT2D eigenvalue weighted by atomic mass is 16.4. The van der Waals surface area contributed by atoms with Crippen molar-refractivity contribution in [2.45, 2.75) is 20.8 Å². The van der Waals surface area contributed by atoms with E-state index in [0.717, 1.165) is 33.9 Å². The number of rotatable bonds is 5. The van der Waals surface area contributed by atoms with Gasteiger partial charge in [0.2, 0.25) is 0 Å². The Morgan fingerprint density at radius 3 is 1.09 bits per heavy atom. The van der Waals surface area contributed by atoms with Crippen LogP contribution in [0, 0.1) is 0 Å². The summed E-state index contributed by atoms with van der Waals surface area (Å²) >= 11 is 0. The molecule has 0 atom stereocenters. The molecule has 0 aliphatic rings. The fraction of sp³-hybridized carbons (Fsp3) is 0.400. The van der Waals surface area contributed by atoms with Gasteiger partial charge in [0.25, 0.3) is 17.9 Å². The lowest BCUT2D eigenvalue weighted by Gasteiger charge is -1.90. The average molecular weight is 334 g/mol. The van der Waals surface area contributed by atoms with Crippen LogP contribution in [-0.2, 0) is 14.4 Å². The third-order valence-corrected chi connectivity index (χ3v) is 0.744. The van der Waals surface area contributed by atoms with E-state index in [0.29, 0.717) is 6.54 Å². The molecule has 0 unspecified atom stereocenters. The Kier molecular flexibility index (Phi) is 51.7. The minimum absolute atomic E-state index is 0.583. The maximum Gasteiger partial charge on any atom is 0.300 e. The molecule has 0 bridgehead atoms. The predicted molar refractivity (Wildman–Crippen MR) is 92.4 cm³/mol. The van der Waals surface area contributed by atoms with Crippen LogP contribution < -0.4 is 11.1 Å². The van der Waals surface area contributed by atoms with Crippen molar-refractivity contribution in [3.05, 3.63) is 38.0 Å². The smallest absolute Gasteiger partial charge is 0.300 e. The Labute approximate surface area is 138 Å². The molecule has 0 saturated carbocycles. The summed E-state index contributed by atoms with van der Waals surface area (Å²) < 4.78 is 0. The van der Waals surface area contributed by atoms with Crippen LogP contribution >= 0.6 is 0 Å². The third-order valence-electron chi connectivity index (χ3n) is 0.744. The summed E-state index contributed by atoms with van der Waals surface area (Å²) in [6.07, 6.45) is 5.30. The molecule has 0 aliphatic heterocycles. The second-order valence-corrected chi connectivity index (χ2v) is 3.32. The van der Waals surface area contributed by atoms with Crippen molar-refractivity contribution >= 4 is 17.9 Å². The average Bonchev–Trinajstić information content (AvgIpc) is 2.38. The zero-order chi connectivity index (χ0) is 19.7. The number of carboxylic acids is 3. The molecule has 6 N–H and O–H groups in total. The molecule has 136 valence electrons. The third kappa shape index (κ3) is 926. The summed E-state index contributed by atoms with van der Waals surface area (Å²) in [7, 11) is 0. The molecule has 0 radical (unpaired) electrons. The summed E-state index contributed by atoms with van der Waals surface area (Å²) in [5.41, 5.74) is 4.91. The summed E-state index contributed by atoms with van der Waals surface area (Å²) in [4.78, 5) is 27.0. The summed E-state index contributed by atoms with van der Waals surface area (Å²) in [6.45, 7) is 16.0. The van der Waals surface area contributed by atoms with Gasteiger partial charge in [0, 0.05) is 40.4 Å². The van der Waals surface area contributed by atoms with E-state index in [1.807, 2.05) is 12.2 Å². The van der Waals surface area contributed by atoms with Gasteiger partial charge >= 0.3 is 0 Å². The second-order valence-electron chi connectivity index (χ2n) is 3.32. The van der Waals surface area contributed by atoms with E-state index in [4.69, 9.17) is 35.4 Å². The lowest BCUT2D eigenvalue weighted by molar-refractivity contribution is -0.135. The van der Waals surface area contributed by atoms with Gasteiger partial charge in [-0.05, 0) is 0 Å². The molecular formula is C15H30N2O6. The largest absolute Gasteiger partial charge is 0.481 e. The molecule has 8 nitrogen and oxygen atoms in total. The second kappa shape index (κ2) is 36.6. The van der Waals surface area contributed by atoms with E-state index >= 15 is 0 Å². The van der Waals surface area contributed by atoms with Crippen molar-refractivity contribution in [3.63, 3.8) is 0 Å². The molecule has 0 fully saturated rings. The van der Waals surface area contributed by atoms with Gasteiger partial charge in [0.15, 0.2) is 0 Å².